The minimum Gasteiger partial charge on any atom is -0.493 e. The van der Waals surface area contributed by atoms with Crippen LogP contribution < -0.4 is 9.47 Å². The van der Waals surface area contributed by atoms with Crippen LogP contribution in [0.2, 0.25) is 0 Å². The standard InChI is InChI=1S/C12H15NO2S/c1-14-11-6-5-10(9-12(11)15-2)16-8-4-3-7-13/h5-6,9H,3-4,8H2,1-2H3. The molecule has 3 nitrogen and oxygen atoms in total. The largest absolute Gasteiger partial charge is 0.493 e. The van der Waals surface area contributed by atoms with Gasteiger partial charge < -0.3 is 9.47 Å². The Labute approximate surface area is 100 Å². The molecule has 0 aliphatic rings. The molecule has 0 saturated carbocycles. The van der Waals surface area contributed by atoms with Gasteiger partial charge in [-0.3, -0.25) is 0 Å². The van der Waals surface area contributed by atoms with Crippen LogP contribution in [0, 0.1) is 11.3 Å². The SMILES string of the molecule is COc1ccc(SCCCC#N)cc1OC. The number of hydrogen-bond donors (Lipinski definition) is 0. The summed E-state index contributed by atoms with van der Waals surface area (Å²) in [5.41, 5.74) is 0. The molecular weight excluding hydrogens is 222 g/mol. The number of thioether (sulfide) groups is 1. The Bertz CT molecular complexity index is 374. The number of nitrogens with zero attached hydrogens (tertiary/aromatic N) is 1. The molecule has 0 bridgehead atoms. The van der Waals surface area contributed by atoms with Crippen LogP contribution in [0.4, 0.5) is 0 Å². The van der Waals surface area contributed by atoms with E-state index in [-0.39, 0.29) is 0 Å². The molecule has 0 fully saturated rings. The summed E-state index contributed by atoms with van der Waals surface area (Å²) in [5, 5.41) is 8.42. The Hall–Kier alpha value is -1.34. The predicted molar refractivity (Wildman–Crippen MR) is 65.1 cm³/mol. The number of benzene rings is 1. The second-order valence-electron chi connectivity index (χ2n) is 3.13. The topological polar surface area (TPSA) is 42.2 Å². The fourth-order valence-electron chi connectivity index (χ4n) is 1.25. The van der Waals surface area contributed by atoms with Gasteiger partial charge in [0.25, 0.3) is 0 Å². The zero-order chi connectivity index (χ0) is 11.8. The van der Waals surface area contributed by atoms with Crippen LogP contribution in [0.1, 0.15) is 12.8 Å². The third-order valence-electron chi connectivity index (χ3n) is 2.06. The third kappa shape index (κ3) is 3.67. The highest BCUT2D eigenvalue weighted by Gasteiger charge is 2.04. The summed E-state index contributed by atoms with van der Waals surface area (Å²) in [7, 11) is 3.25. The third-order valence-corrected chi connectivity index (χ3v) is 3.14. The second kappa shape index (κ2) is 7.02. The lowest BCUT2D eigenvalue weighted by Gasteiger charge is -2.08. The molecule has 0 aliphatic heterocycles. The molecule has 0 radical (unpaired) electrons. The van der Waals surface area contributed by atoms with Crippen molar-refractivity contribution < 1.29 is 9.47 Å². The Morgan fingerprint density at radius 3 is 2.62 bits per heavy atom. The van der Waals surface area contributed by atoms with Crippen LogP contribution in [0.25, 0.3) is 0 Å². The first-order chi connectivity index (χ1) is 7.81. The van der Waals surface area contributed by atoms with Crippen molar-refractivity contribution in [3.05, 3.63) is 18.2 Å². The van der Waals surface area contributed by atoms with Gasteiger partial charge in [0, 0.05) is 11.3 Å². The molecule has 1 rings (SSSR count). The summed E-state index contributed by atoms with van der Waals surface area (Å²) in [5.74, 6) is 2.43. The lowest BCUT2D eigenvalue weighted by molar-refractivity contribution is 0.354. The van der Waals surface area contributed by atoms with Crippen LogP contribution in [0.3, 0.4) is 0 Å². The van der Waals surface area contributed by atoms with Gasteiger partial charge in [-0.2, -0.15) is 5.26 Å². The molecule has 0 N–H and O–H groups in total. The van der Waals surface area contributed by atoms with E-state index in [0.29, 0.717) is 6.42 Å². The van der Waals surface area contributed by atoms with Crippen LogP contribution >= 0.6 is 11.8 Å². The van der Waals surface area contributed by atoms with Crippen molar-refractivity contribution in [3.8, 4) is 17.6 Å². The minimum absolute atomic E-state index is 0.611. The molecule has 0 aliphatic carbocycles. The first-order valence-corrected chi connectivity index (χ1v) is 6.02. The molecule has 0 amide bonds. The normalized spacial score (nSPS) is 9.56. The van der Waals surface area contributed by atoms with Gasteiger partial charge in [-0.15, -0.1) is 11.8 Å². The van der Waals surface area contributed by atoms with E-state index in [0.717, 1.165) is 28.6 Å². The first-order valence-electron chi connectivity index (χ1n) is 5.03. The van der Waals surface area contributed by atoms with Crippen LogP contribution in [-0.4, -0.2) is 20.0 Å². The predicted octanol–water partition coefficient (Wildman–Crippen LogP) is 3.10. The minimum atomic E-state index is 0.611. The highest BCUT2D eigenvalue weighted by molar-refractivity contribution is 7.99. The summed E-state index contributed by atoms with van der Waals surface area (Å²) in [4.78, 5) is 1.13. The van der Waals surface area contributed by atoms with Gasteiger partial charge in [0.05, 0.1) is 20.3 Å². The Balaban J connectivity index is 2.58. The van der Waals surface area contributed by atoms with Gasteiger partial charge >= 0.3 is 0 Å². The smallest absolute Gasteiger partial charge is 0.161 e. The van der Waals surface area contributed by atoms with Crippen LogP contribution in [0.5, 0.6) is 11.5 Å². The number of rotatable bonds is 6. The molecule has 0 aromatic heterocycles. The lowest BCUT2D eigenvalue weighted by atomic mass is 10.3. The van der Waals surface area contributed by atoms with Crippen molar-refractivity contribution in [1.29, 1.82) is 5.26 Å². The number of methoxy groups -OCH3 is 2. The van der Waals surface area contributed by atoms with E-state index in [1.807, 2.05) is 18.2 Å². The van der Waals surface area contributed by atoms with Crippen molar-refractivity contribution in [3.63, 3.8) is 0 Å². The fourth-order valence-corrected chi connectivity index (χ4v) is 2.13. The molecule has 16 heavy (non-hydrogen) atoms. The monoisotopic (exact) mass is 237 g/mol. The van der Waals surface area contributed by atoms with Crippen molar-refractivity contribution in [2.24, 2.45) is 0 Å². The van der Waals surface area contributed by atoms with E-state index in [4.69, 9.17) is 14.7 Å². The van der Waals surface area contributed by atoms with Crippen LogP contribution in [0.15, 0.2) is 23.1 Å². The van der Waals surface area contributed by atoms with Gasteiger partial charge in [-0.05, 0) is 30.4 Å². The van der Waals surface area contributed by atoms with Gasteiger partial charge in [0.15, 0.2) is 11.5 Å². The van der Waals surface area contributed by atoms with E-state index in [1.54, 1.807) is 26.0 Å². The number of unbranched alkanes of at least 4 members (excludes halogenated alkanes) is 1. The van der Waals surface area contributed by atoms with Crippen LogP contribution in [-0.2, 0) is 0 Å². The Kier molecular flexibility index (Phi) is 5.58. The first kappa shape index (κ1) is 12.7. The maximum Gasteiger partial charge on any atom is 0.161 e. The lowest BCUT2D eigenvalue weighted by Crippen LogP contribution is -1.90. The van der Waals surface area contributed by atoms with Gasteiger partial charge in [-0.1, -0.05) is 0 Å². The maximum absolute atomic E-state index is 8.42. The molecule has 1 aromatic carbocycles. The van der Waals surface area contributed by atoms with Crippen molar-refractivity contribution in [2.45, 2.75) is 17.7 Å². The zero-order valence-electron chi connectivity index (χ0n) is 9.53. The molecule has 0 saturated heterocycles. The molecule has 0 heterocycles. The zero-order valence-corrected chi connectivity index (χ0v) is 10.3. The maximum atomic E-state index is 8.42. The van der Waals surface area contributed by atoms with Crippen molar-refractivity contribution in [1.82, 2.24) is 0 Å². The van der Waals surface area contributed by atoms with E-state index < -0.39 is 0 Å². The molecule has 86 valence electrons. The number of nitriles is 1. The average molecular weight is 237 g/mol. The van der Waals surface area contributed by atoms with Gasteiger partial charge in [0.2, 0.25) is 0 Å². The Morgan fingerprint density at radius 1 is 1.25 bits per heavy atom. The quantitative estimate of drug-likeness (QED) is 0.563. The van der Waals surface area contributed by atoms with Crippen molar-refractivity contribution in [2.75, 3.05) is 20.0 Å². The van der Waals surface area contributed by atoms with E-state index in [1.165, 1.54) is 0 Å². The van der Waals surface area contributed by atoms with Gasteiger partial charge in [0.1, 0.15) is 0 Å². The van der Waals surface area contributed by atoms with E-state index >= 15 is 0 Å². The highest BCUT2D eigenvalue weighted by Crippen LogP contribution is 2.32. The Morgan fingerprint density at radius 2 is 2.00 bits per heavy atom. The number of ether oxygens (including phenoxy) is 2. The molecule has 1 aromatic rings. The second-order valence-corrected chi connectivity index (χ2v) is 4.30. The number of hydrogen-bond acceptors (Lipinski definition) is 4. The summed E-state index contributed by atoms with van der Waals surface area (Å²) >= 11 is 1.72. The summed E-state index contributed by atoms with van der Waals surface area (Å²) < 4.78 is 10.4. The average Bonchev–Trinajstić information content (AvgIpc) is 2.34. The molecule has 0 atom stereocenters. The molecule has 0 spiro atoms. The highest BCUT2D eigenvalue weighted by atomic mass is 32.2. The van der Waals surface area contributed by atoms with E-state index in [2.05, 4.69) is 6.07 Å². The fraction of sp³-hybridized carbons (Fsp3) is 0.417. The molecular formula is C12H15NO2S. The summed E-state index contributed by atoms with van der Waals surface area (Å²) in [6.07, 6.45) is 1.52. The van der Waals surface area contributed by atoms with Crippen molar-refractivity contribution >= 4 is 11.8 Å². The van der Waals surface area contributed by atoms with Gasteiger partial charge in [-0.25, -0.2) is 0 Å². The molecule has 0 unspecified atom stereocenters. The summed E-state index contributed by atoms with van der Waals surface area (Å²) in [6, 6.07) is 7.98. The van der Waals surface area contributed by atoms with E-state index in [9.17, 15) is 0 Å². The molecule has 4 heteroatoms. The summed E-state index contributed by atoms with van der Waals surface area (Å²) in [6.45, 7) is 0.